The van der Waals surface area contributed by atoms with Crippen molar-refractivity contribution in [3.05, 3.63) is 59.7 Å². The van der Waals surface area contributed by atoms with E-state index in [2.05, 4.69) is 48.1 Å². The molecule has 8 nitrogen and oxygen atoms in total. The van der Waals surface area contributed by atoms with Crippen molar-refractivity contribution in [2.75, 3.05) is 46.8 Å². The van der Waals surface area contributed by atoms with E-state index in [1.807, 2.05) is 42.1 Å². The first-order valence-corrected chi connectivity index (χ1v) is 12.4. The average Bonchev–Trinajstić information content (AvgIpc) is 3.36. The molecular weight excluding hydrogens is 440 g/mol. The molecule has 3 heterocycles. The lowest BCUT2D eigenvalue weighted by Crippen LogP contribution is -2.52. The minimum Gasteiger partial charge on any atom is -0.366 e. The van der Waals surface area contributed by atoms with Crippen LogP contribution in [0.2, 0.25) is 0 Å². The monoisotopic (exact) mass is 478 g/mol. The van der Waals surface area contributed by atoms with Crippen LogP contribution in [0.15, 0.2) is 59.1 Å². The van der Waals surface area contributed by atoms with Gasteiger partial charge in [-0.1, -0.05) is 36.9 Å². The average molecular weight is 479 g/mol. The molecule has 8 heteroatoms. The van der Waals surface area contributed by atoms with Gasteiger partial charge in [0.25, 0.3) is 0 Å². The molecule has 0 saturated carbocycles. The Labute approximate surface area is 208 Å². The molecule has 2 atom stereocenters. The molecule has 0 spiro atoms. The van der Waals surface area contributed by atoms with Crippen molar-refractivity contribution >= 4 is 17.8 Å². The third kappa shape index (κ3) is 5.27. The maximum absolute atomic E-state index is 13.6. The number of urea groups is 1. The highest BCUT2D eigenvalue weighted by molar-refractivity contribution is 6.03. The van der Waals surface area contributed by atoms with Crippen molar-refractivity contribution < 1.29 is 9.59 Å². The smallest absolute Gasteiger partial charge is 0.318 e. The minimum atomic E-state index is -0.427. The molecule has 1 saturated heterocycles. The quantitative estimate of drug-likeness (QED) is 0.616. The van der Waals surface area contributed by atoms with Gasteiger partial charge in [-0.25, -0.2) is 4.79 Å². The molecule has 35 heavy (non-hydrogen) atoms. The zero-order valence-electron chi connectivity index (χ0n) is 21.4. The number of carbonyl (C=O) groups excluding carboxylic acids is 2. The van der Waals surface area contributed by atoms with E-state index in [-0.39, 0.29) is 24.0 Å². The number of aliphatic imine (C=N–C) groups is 1. The van der Waals surface area contributed by atoms with E-state index >= 15 is 0 Å². The largest absolute Gasteiger partial charge is 0.366 e. The van der Waals surface area contributed by atoms with Gasteiger partial charge >= 0.3 is 6.03 Å². The molecule has 4 rings (SSSR count). The highest BCUT2D eigenvalue weighted by Gasteiger charge is 2.46. The van der Waals surface area contributed by atoms with Crippen LogP contribution in [0.25, 0.3) is 0 Å². The first-order chi connectivity index (χ1) is 16.7. The maximum Gasteiger partial charge on any atom is 0.318 e. The van der Waals surface area contributed by atoms with Gasteiger partial charge < -0.3 is 25.3 Å². The fraction of sp³-hybridized carbons (Fsp3) is 0.519. The molecule has 1 fully saturated rings. The molecule has 3 amide bonds. The first-order valence-electron chi connectivity index (χ1n) is 12.4. The summed E-state index contributed by atoms with van der Waals surface area (Å²) in [7, 11) is 4.03. The van der Waals surface area contributed by atoms with Gasteiger partial charge in [-0.2, -0.15) is 0 Å². The van der Waals surface area contributed by atoms with Crippen LogP contribution in [0, 0.1) is 0 Å². The first kappa shape index (κ1) is 25.0. The number of hydrogen-bond donors (Lipinski definition) is 2. The van der Waals surface area contributed by atoms with Gasteiger partial charge in [0.1, 0.15) is 5.84 Å². The Bertz CT molecular complexity index is 1030. The number of piperidine rings is 1. The number of amidine groups is 1. The number of carbonyl (C=O) groups is 2. The summed E-state index contributed by atoms with van der Waals surface area (Å²) < 4.78 is 0. The number of amides is 3. The van der Waals surface area contributed by atoms with E-state index in [4.69, 9.17) is 4.99 Å². The number of nitrogens with one attached hydrogen (secondary N) is 2. The van der Waals surface area contributed by atoms with Crippen LogP contribution in [0.1, 0.15) is 38.3 Å². The van der Waals surface area contributed by atoms with Crippen LogP contribution in [-0.4, -0.2) is 90.9 Å². The van der Waals surface area contributed by atoms with Crippen LogP contribution in [0.3, 0.4) is 0 Å². The van der Waals surface area contributed by atoms with Crippen molar-refractivity contribution in [2.24, 2.45) is 4.99 Å². The van der Waals surface area contributed by atoms with Gasteiger partial charge in [0.05, 0.1) is 24.7 Å². The van der Waals surface area contributed by atoms with Crippen LogP contribution in [0.5, 0.6) is 0 Å². The topological polar surface area (TPSA) is 80.3 Å². The highest BCUT2D eigenvalue weighted by Crippen LogP contribution is 2.38. The Morgan fingerprint density at radius 1 is 1.29 bits per heavy atom. The number of likely N-dealkylation sites (N-methyl/N-ethyl adjacent to an activating group) is 1. The second kappa shape index (κ2) is 10.2. The molecule has 188 valence electrons. The van der Waals surface area contributed by atoms with Gasteiger partial charge in [-0.15, -0.1) is 0 Å². The van der Waals surface area contributed by atoms with Gasteiger partial charge in [0, 0.05) is 31.2 Å². The number of hydrogen-bond acceptors (Lipinski definition) is 5. The SMILES string of the molecule is C=CC(=O)N1CCCC(NC2=NCC3=C2CN(C(=O)N[C@H](CN(C)C)c2ccccc2)C3(C)C)C1. The number of likely N-dealkylation sites (tertiary alicyclic amines) is 1. The van der Waals surface area contributed by atoms with Crippen LogP contribution >= 0.6 is 0 Å². The zero-order valence-corrected chi connectivity index (χ0v) is 21.4. The fourth-order valence-corrected chi connectivity index (χ4v) is 5.33. The summed E-state index contributed by atoms with van der Waals surface area (Å²) in [6.45, 7) is 11.0. The van der Waals surface area contributed by atoms with Gasteiger partial charge in [0.2, 0.25) is 5.91 Å². The normalized spacial score (nSPS) is 22.1. The standard InChI is InChI=1S/C27H38N6O2/c1-6-24(34)32-14-10-13-20(16-32)29-25-21-17-33(27(2,3)22(21)15-28-25)26(35)30-23(18-31(4)5)19-11-8-7-9-12-19/h6-9,11-12,20,23H,1,10,13-18H2,2-5H3,(H,28,29)(H,30,35)/t20?,23-/m1/s1. The van der Waals surface area contributed by atoms with E-state index in [1.54, 1.807) is 0 Å². The number of nitrogens with zero attached hydrogens (tertiary/aromatic N) is 4. The predicted molar refractivity (Wildman–Crippen MR) is 139 cm³/mol. The molecule has 1 aromatic carbocycles. The van der Waals surface area contributed by atoms with Crippen LogP contribution < -0.4 is 10.6 Å². The second-order valence-corrected chi connectivity index (χ2v) is 10.4. The van der Waals surface area contributed by atoms with Gasteiger partial charge in [0.15, 0.2) is 0 Å². The van der Waals surface area contributed by atoms with E-state index < -0.39 is 5.54 Å². The molecule has 3 aliphatic heterocycles. The second-order valence-electron chi connectivity index (χ2n) is 10.4. The molecule has 1 aromatic rings. The van der Waals surface area contributed by atoms with Crippen LogP contribution in [0.4, 0.5) is 4.79 Å². The summed E-state index contributed by atoms with van der Waals surface area (Å²) in [5, 5.41) is 6.86. The van der Waals surface area contributed by atoms with Gasteiger partial charge in [-0.3, -0.25) is 9.79 Å². The van der Waals surface area contributed by atoms with E-state index in [9.17, 15) is 9.59 Å². The number of benzene rings is 1. The van der Waals surface area contributed by atoms with Crippen molar-refractivity contribution in [1.29, 1.82) is 0 Å². The lowest BCUT2D eigenvalue weighted by atomic mass is 9.94. The summed E-state index contributed by atoms with van der Waals surface area (Å²) in [6.07, 6.45) is 3.31. The van der Waals surface area contributed by atoms with E-state index in [0.717, 1.165) is 36.4 Å². The molecule has 0 aromatic heterocycles. The molecule has 0 bridgehead atoms. The Morgan fingerprint density at radius 2 is 2.03 bits per heavy atom. The summed E-state index contributed by atoms with van der Waals surface area (Å²) in [6, 6.07) is 10.1. The Balaban J connectivity index is 1.44. The van der Waals surface area contributed by atoms with Crippen molar-refractivity contribution in [1.82, 2.24) is 25.3 Å². The van der Waals surface area contributed by atoms with Crippen molar-refractivity contribution in [3.8, 4) is 0 Å². The predicted octanol–water partition coefficient (Wildman–Crippen LogP) is 2.57. The summed E-state index contributed by atoms with van der Waals surface area (Å²) >= 11 is 0. The third-order valence-corrected chi connectivity index (χ3v) is 7.32. The van der Waals surface area contributed by atoms with E-state index in [0.29, 0.717) is 26.2 Å². The zero-order chi connectivity index (χ0) is 25.2. The molecule has 0 radical (unpaired) electrons. The summed E-state index contributed by atoms with van der Waals surface area (Å²) in [5.41, 5.74) is 2.96. The van der Waals surface area contributed by atoms with Crippen molar-refractivity contribution in [2.45, 2.75) is 44.3 Å². The van der Waals surface area contributed by atoms with E-state index in [1.165, 1.54) is 11.6 Å². The molecule has 2 N–H and O–H groups in total. The van der Waals surface area contributed by atoms with Crippen LogP contribution in [-0.2, 0) is 4.79 Å². The lowest BCUT2D eigenvalue weighted by Gasteiger charge is -2.36. The Hall–Kier alpha value is -3.13. The molecule has 0 aliphatic carbocycles. The lowest BCUT2D eigenvalue weighted by molar-refractivity contribution is -0.127. The summed E-state index contributed by atoms with van der Waals surface area (Å²) in [5.74, 6) is 0.842. The van der Waals surface area contributed by atoms with Gasteiger partial charge in [-0.05, 0) is 58.0 Å². The molecule has 1 unspecified atom stereocenters. The fourth-order valence-electron chi connectivity index (χ4n) is 5.33. The maximum atomic E-state index is 13.6. The molecule has 3 aliphatic rings. The Morgan fingerprint density at radius 3 is 2.71 bits per heavy atom. The highest BCUT2D eigenvalue weighted by atomic mass is 16.2. The number of rotatable bonds is 6. The third-order valence-electron chi connectivity index (χ3n) is 7.32. The summed E-state index contributed by atoms with van der Waals surface area (Å²) in [4.78, 5) is 36.3. The minimum absolute atomic E-state index is 0.0275. The van der Waals surface area contributed by atoms with Crippen molar-refractivity contribution in [3.63, 3.8) is 0 Å². The Kier molecular flexibility index (Phi) is 7.31. The molecular formula is C27H38N6O2.